The summed E-state index contributed by atoms with van der Waals surface area (Å²) < 4.78 is 10.5. The molecule has 1 heterocycles. The van der Waals surface area contributed by atoms with Gasteiger partial charge in [0.05, 0.1) is 29.3 Å². The van der Waals surface area contributed by atoms with E-state index in [9.17, 15) is 19.2 Å². The number of hydrogen-bond acceptors (Lipinski definition) is 6. The second-order valence-corrected chi connectivity index (χ2v) is 8.05. The second kappa shape index (κ2) is 9.93. The fourth-order valence-corrected chi connectivity index (χ4v) is 3.76. The van der Waals surface area contributed by atoms with Crippen molar-refractivity contribution in [2.75, 3.05) is 30.5 Å². The van der Waals surface area contributed by atoms with Gasteiger partial charge in [-0.1, -0.05) is 27.5 Å². The van der Waals surface area contributed by atoms with Gasteiger partial charge < -0.3 is 19.7 Å². The highest BCUT2D eigenvalue weighted by atomic mass is 79.9. The number of methoxy groups -OCH3 is 1. The number of rotatable bonds is 6. The minimum absolute atomic E-state index is 0.0300. The van der Waals surface area contributed by atoms with E-state index in [0.29, 0.717) is 22.0 Å². The van der Waals surface area contributed by atoms with Gasteiger partial charge >= 0.3 is 11.9 Å². The molecule has 0 unspecified atom stereocenters. The van der Waals surface area contributed by atoms with Gasteiger partial charge in [0.15, 0.2) is 6.61 Å². The monoisotopic (exact) mass is 508 g/mol. The third-order valence-electron chi connectivity index (χ3n) is 4.61. The summed E-state index contributed by atoms with van der Waals surface area (Å²) in [6.45, 7) is -0.376. The first kappa shape index (κ1) is 22.8. The molecule has 3 rings (SSSR count). The van der Waals surface area contributed by atoms with Gasteiger partial charge in [0.25, 0.3) is 5.91 Å². The number of nitrogens with one attached hydrogen (secondary N) is 1. The molecule has 31 heavy (non-hydrogen) atoms. The van der Waals surface area contributed by atoms with E-state index in [1.165, 1.54) is 24.1 Å². The Labute approximate surface area is 191 Å². The first-order valence-electron chi connectivity index (χ1n) is 9.18. The van der Waals surface area contributed by atoms with Gasteiger partial charge in [0, 0.05) is 23.1 Å². The van der Waals surface area contributed by atoms with Crippen LogP contribution in [0.2, 0.25) is 5.02 Å². The number of carbonyl (C=O) groups is 4. The lowest BCUT2D eigenvalue weighted by atomic mass is 10.1. The summed E-state index contributed by atoms with van der Waals surface area (Å²) in [5.41, 5.74) is 1.30. The predicted molar refractivity (Wildman–Crippen MR) is 117 cm³/mol. The summed E-state index contributed by atoms with van der Waals surface area (Å²) in [6.07, 6.45) is -0.0300. The Morgan fingerprint density at radius 3 is 2.55 bits per heavy atom. The molecule has 8 nitrogen and oxygen atoms in total. The first-order chi connectivity index (χ1) is 14.8. The lowest BCUT2D eigenvalue weighted by Gasteiger charge is -2.17. The van der Waals surface area contributed by atoms with E-state index >= 15 is 0 Å². The van der Waals surface area contributed by atoms with Crippen LogP contribution in [0.4, 0.5) is 11.4 Å². The van der Waals surface area contributed by atoms with E-state index in [0.717, 1.165) is 4.47 Å². The van der Waals surface area contributed by atoms with Crippen LogP contribution in [-0.2, 0) is 23.9 Å². The van der Waals surface area contributed by atoms with Crippen LogP contribution in [0.25, 0.3) is 0 Å². The molecule has 1 saturated heterocycles. The molecule has 1 fully saturated rings. The average Bonchev–Trinajstić information content (AvgIpc) is 3.15. The van der Waals surface area contributed by atoms with Gasteiger partial charge in [-0.3, -0.25) is 14.4 Å². The van der Waals surface area contributed by atoms with Crippen molar-refractivity contribution < 1.29 is 28.7 Å². The standard InChI is InChI=1S/C21H18BrClN2O6/c1-30-20(28)12-2-5-15(6-3-12)25-10-13(8-19(25)27)21(29)31-11-18(26)24-17-7-4-14(22)9-16(17)23/h2-7,9,13H,8,10-11H2,1H3,(H,24,26)/t13-/m0/s1. The molecular formula is C21H18BrClN2O6. The van der Waals surface area contributed by atoms with Crippen molar-refractivity contribution in [3.05, 3.63) is 57.5 Å². The van der Waals surface area contributed by atoms with E-state index in [2.05, 4.69) is 26.0 Å². The number of nitrogens with zero attached hydrogens (tertiary/aromatic N) is 1. The van der Waals surface area contributed by atoms with Crippen LogP contribution in [0.3, 0.4) is 0 Å². The smallest absolute Gasteiger partial charge is 0.337 e. The molecule has 1 aliphatic heterocycles. The summed E-state index contributed by atoms with van der Waals surface area (Å²) in [4.78, 5) is 49.7. The van der Waals surface area contributed by atoms with Gasteiger partial charge in [-0.15, -0.1) is 0 Å². The van der Waals surface area contributed by atoms with Crippen molar-refractivity contribution >= 4 is 62.7 Å². The molecule has 162 valence electrons. The Bertz CT molecular complexity index is 1030. The Balaban J connectivity index is 1.54. The van der Waals surface area contributed by atoms with Crippen molar-refractivity contribution in [3.63, 3.8) is 0 Å². The predicted octanol–water partition coefficient (Wildman–Crippen LogP) is 3.42. The van der Waals surface area contributed by atoms with Gasteiger partial charge in [-0.2, -0.15) is 0 Å². The molecule has 0 saturated carbocycles. The second-order valence-electron chi connectivity index (χ2n) is 6.72. The molecule has 1 N–H and O–H groups in total. The summed E-state index contributed by atoms with van der Waals surface area (Å²) in [5.74, 6) is -2.62. The molecule has 0 aromatic heterocycles. The van der Waals surface area contributed by atoms with E-state index in [1.54, 1.807) is 30.3 Å². The molecular weight excluding hydrogens is 492 g/mol. The molecule has 10 heteroatoms. The maximum atomic E-state index is 12.3. The zero-order valence-corrected chi connectivity index (χ0v) is 18.7. The quantitative estimate of drug-likeness (QED) is 0.599. The minimum atomic E-state index is -0.697. The molecule has 1 atom stereocenters. The Morgan fingerprint density at radius 1 is 1.19 bits per heavy atom. The number of halogens is 2. The van der Waals surface area contributed by atoms with Crippen LogP contribution in [0.15, 0.2) is 46.9 Å². The van der Waals surface area contributed by atoms with E-state index < -0.39 is 30.4 Å². The molecule has 1 aliphatic rings. The average molecular weight is 510 g/mol. The first-order valence-corrected chi connectivity index (χ1v) is 10.4. The Kier molecular flexibility index (Phi) is 7.29. The van der Waals surface area contributed by atoms with E-state index in [4.69, 9.17) is 16.3 Å². The molecule has 0 radical (unpaired) electrons. The fraction of sp³-hybridized carbons (Fsp3) is 0.238. The number of hydrogen-bond donors (Lipinski definition) is 1. The molecule has 2 aromatic carbocycles. The number of anilines is 2. The van der Waals surface area contributed by atoms with Gasteiger partial charge in [-0.05, 0) is 42.5 Å². The topological polar surface area (TPSA) is 102 Å². The zero-order chi connectivity index (χ0) is 22.5. The molecule has 0 aliphatic carbocycles. The minimum Gasteiger partial charge on any atom is -0.465 e. The van der Waals surface area contributed by atoms with E-state index in [-0.39, 0.29) is 18.9 Å². The van der Waals surface area contributed by atoms with E-state index in [1.807, 2.05) is 0 Å². The van der Waals surface area contributed by atoms with Gasteiger partial charge in [0.1, 0.15) is 0 Å². The molecule has 0 spiro atoms. The van der Waals surface area contributed by atoms with Crippen molar-refractivity contribution in [1.82, 2.24) is 0 Å². The highest BCUT2D eigenvalue weighted by molar-refractivity contribution is 9.10. The lowest BCUT2D eigenvalue weighted by Crippen LogP contribution is -2.28. The van der Waals surface area contributed by atoms with Crippen LogP contribution >= 0.6 is 27.5 Å². The maximum absolute atomic E-state index is 12.3. The summed E-state index contributed by atoms with van der Waals surface area (Å²) in [5, 5.41) is 2.90. The normalized spacial score (nSPS) is 15.5. The number of esters is 2. The number of benzene rings is 2. The van der Waals surface area contributed by atoms with Crippen LogP contribution in [-0.4, -0.2) is 44.0 Å². The number of carbonyl (C=O) groups excluding carboxylic acids is 4. The Hall–Kier alpha value is -2.91. The molecule has 0 bridgehead atoms. The van der Waals surface area contributed by atoms with Crippen molar-refractivity contribution in [1.29, 1.82) is 0 Å². The van der Waals surface area contributed by atoms with Crippen LogP contribution in [0.1, 0.15) is 16.8 Å². The van der Waals surface area contributed by atoms with Gasteiger partial charge in [-0.25, -0.2) is 4.79 Å². The van der Waals surface area contributed by atoms with Crippen LogP contribution in [0, 0.1) is 5.92 Å². The number of amides is 2. The van der Waals surface area contributed by atoms with Crippen molar-refractivity contribution in [2.45, 2.75) is 6.42 Å². The SMILES string of the molecule is COC(=O)c1ccc(N2C[C@@H](C(=O)OCC(=O)Nc3ccc(Br)cc3Cl)CC2=O)cc1. The third kappa shape index (κ3) is 5.62. The summed E-state index contributed by atoms with van der Waals surface area (Å²) >= 11 is 9.32. The summed E-state index contributed by atoms with van der Waals surface area (Å²) in [6, 6.07) is 11.2. The van der Waals surface area contributed by atoms with Crippen LogP contribution in [0.5, 0.6) is 0 Å². The van der Waals surface area contributed by atoms with Crippen molar-refractivity contribution in [3.8, 4) is 0 Å². The van der Waals surface area contributed by atoms with Crippen LogP contribution < -0.4 is 10.2 Å². The number of ether oxygens (including phenoxy) is 2. The highest BCUT2D eigenvalue weighted by Gasteiger charge is 2.36. The fourth-order valence-electron chi connectivity index (χ4n) is 3.04. The third-order valence-corrected chi connectivity index (χ3v) is 5.42. The van der Waals surface area contributed by atoms with Gasteiger partial charge in [0.2, 0.25) is 5.91 Å². The lowest BCUT2D eigenvalue weighted by molar-refractivity contribution is -0.151. The Morgan fingerprint density at radius 2 is 1.90 bits per heavy atom. The summed E-state index contributed by atoms with van der Waals surface area (Å²) in [7, 11) is 1.28. The maximum Gasteiger partial charge on any atom is 0.337 e. The largest absolute Gasteiger partial charge is 0.465 e. The highest BCUT2D eigenvalue weighted by Crippen LogP contribution is 2.27. The zero-order valence-electron chi connectivity index (χ0n) is 16.4. The molecule has 2 aromatic rings. The van der Waals surface area contributed by atoms with Crippen molar-refractivity contribution in [2.24, 2.45) is 5.92 Å². The molecule has 2 amide bonds.